The lowest BCUT2D eigenvalue weighted by Gasteiger charge is -2.23. The first-order valence-corrected chi connectivity index (χ1v) is 8.32. The summed E-state index contributed by atoms with van der Waals surface area (Å²) in [5.41, 5.74) is 8.45. The zero-order valence-electron chi connectivity index (χ0n) is 11.7. The maximum absolute atomic E-state index is 6.34. The first kappa shape index (κ1) is 13.3. The molecule has 1 aromatic carbocycles. The van der Waals surface area contributed by atoms with Gasteiger partial charge < -0.3 is 10.5 Å². The van der Waals surface area contributed by atoms with E-state index in [1.165, 1.54) is 49.0 Å². The zero-order valence-corrected chi connectivity index (χ0v) is 12.5. The fraction of sp³-hybridized carbons (Fsp3) is 0.625. The normalized spacial score (nSPS) is 25.2. The quantitative estimate of drug-likeness (QED) is 0.665. The molecule has 1 aliphatic carbocycles. The van der Waals surface area contributed by atoms with Crippen LogP contribution in [0.4, 0.5) is 5.69 Å². The Balaban J connectivity index is 1.57. The van der Waals surface area contributed by atoms with E-state index < -0.39 is 0 Å². The van der Waals surface area contributed by atoms with Crippen molar-refractivity contribution in [1.82, 2.24) is 0 Å². The van der Waals surface area contributed by atoms with E-state index in [2.05, 4.69) is 19.1 Å². The fourth-order valence-corrected chi connectivity index (χ4v) is 4.45. The molecule has 0 radical (unpaired) electrons. The number of benzene rings is 1. The molecule has 1 atom stereocenters. The summed E-state index contributed by atoms with van der Waals surface area (Å²) in [7, 11) is 0. The van der Waals surface area contributed by atoms with Crippen LogP contribution >= 0.6 is 11.8 Å². The van der Waals surface area contributed by atoms with Gasteiger partial charge in [0, 0.05) is 16.3 Å². The van der Waals surface area contributed by atoms with Crippen LogP contribution in [0.2, 0.25) is 0 Å². The van der Waals surface area contributed by atoms with Crippen LogP contribution in [0.5, 0.6) is 0 Å². The lowest BCUT2D eigenvalue weighted by atomic mass is 9.98. The Morgan fingerprint density at radius 1 is 1.32 bits per heavy atom. The molecule has 1 heterocycles. The summed E-state index contributed by atoms with van der Waals surface area (Å²) in [4.78, 5) is 1.20. The Hall–Kier alpha value is -0.670. The van der Waals surface area contributed by atoms with Gasteiger partial charge in [0.2, 0.25) is 0 Å². The minimum Gasteiger partial charge on any atom is -0.398 e. The van der Waals surface area contributed by atoms with E-state index in [1.807, 2.05) is 17.8 Å². The second-order valence-electron chi connectivity index (χ2n) is 6.02. The molecular weight excluding hydrogens is 254 g/mol. The molecule has 1 spiro atoms. The molecule has 2 aliphatic rings. The lowest BCUT2D eigenvalue weighted by Crippen LogP contribution is -2.25. The Labute approximate surface area is 120 Å². The van der Waals surface area contributed by atoms with Crippen LogP contribution in [0.3, 0.4) is 0 Å². The average molecular weight is 277 g/mol. The summed E-state index contributed by atoms with van der Waals surface area (Å²) >= 11 is 1.85. The van der Waals surface area contributed by atoms with Crippen molar-refractivity contribution in [2.24, 2.45) is 0 Å². The van der Waals surface area contributed by atoms with Crippen molar-refractivity contribution in [3.8, 4) is 0 Å². The molecular formula is C16H23NOS. The van der Waals surface area contributed by atoms with Gasteiger partial charge in [-0.2, -0.15) is 0 Å². The second kappa shape index (κ2) is 5.37. The van der Waals surface area contributed by atoms with Crippen LogP contribution in [-0.4, -0.2) is 17.5 Å². The van der Waals surface area contributed by atoms with Gasteiger partial charge in [-0.15, -0.1) is 11.8 Å². The number of aryl methyl sites for hydroxylation is 1. The van der Waals surface area contributed by atoms with Gasteiger partial charge in [-0.3, -0.25) is 0 Å². The van der Waals surface area contributed by atoms with Crippen molar-refractivity contribution in [3.63, 3.8) is 0 Å². The summed E-state index contributed by atoms with van der Waals surface area (Å²) in [6, 6.07) is 6.25. The van der Waals surface area contributed by atoms with Crippen LogP contribution in [0.1, 0.15) is 44.1 Å². The van der Waals surface area contributed by atoms with Gasteiger partial charge in [0.25, 0.3) is 0 Å². The maximum Gasteiger partial charge on any atom is 0.0687 e. The molecule has 0 aromatic heterocycles. The topological polar surface area (TPSA) is 35.2 Å². The molecule has 0 bridgehead atoms. The van der Waals surface area contributed by atoms with Gasteiger partial charge in [-0.05, 0) is 50.3 Å². The molecule has 1 aliphatic heterocycles. The van der Waals surface area contributed by atoms with E-state index in [4.69, 9.17) is 10.5 Å². The molecule has 2 fully saturated rings. The Bertz CT molecular complexity index is 454. The Morgan fingerprint density at radius 3 is 2.89 bits per heavy atom. The molecule has 0 amide bonds. The smallest absolute Gasteiger partial charge is 0.0687 e. The summed E-state index contributed by atoms with van der Waals surface area (Å²) in [5.74, 6) is 1.04. The molecule has 1 saturated heterocycles. The van der Waals surface area contributed by atoms with Gasteiger partial charge in [0.05, 0.1) is 11.7 Å². The van der Waals surface area contributed by atoms with Crippen molar-refractivity contribution in [2.75, 3.05) is 11.5 Å². The maximum atomic E-state index is 6.34. The van der Waals surface area contributed by atoms with Gasteiger partial charge in [-0.1, -0.05) is 18.9 Å². The Kier molecular flexibility index (Phi) is 3.77. The molecule has 3 rings (SSSR count). The Morgan fingerprint density at radius 2 is 2.11 bits per heavy atom. The third kappa shape index (κ3) is 2.92. The number of nitrogens with two attached hydrogens (primary N) is 1. The van der Waals surface area contributed by atoms with Crippen LogP contribution in [-0.2, 0) is 4.74 Å². The number of anilines is 1. The molecule has 2 N–H and O–H groups in total. The number of rotatable bonds is 3. The number of hydrogen-bond acceptors (Lipinski definition) is 3. The number of ether oxygens (including phenoxy) is 1. The summed E-state index contributed by atoms with van der Waals surface area (Å²) in [6.45, 7) is 2.11. The molecule has 1 unspecified atom stereocenters. The molecule has 1 aromatic rings. The van der Waals surface area contributed by atoms with Crippen molar-refractivity contribution in [3.05, 3.63) is 23.8 Å². The number of nitrogen functional groups attached to an aromatic ring is 1. The molecule has 104 valence electrons. The van der Waals surface area contributed by atoms with E-state index in [0.29, 0.717) is 6.10 Å². The first-order valence-electron chi connectivity index (χ1n) is 7.34. The van der Waals surface area contributed by atoms with E-state index in [9.17, 15) is 0 Å². The molecule has 19 heavy (non-hydrogen) atoms. The van der Waals surface area contributed by atoms with Gasteiger partial charge in [0.1, 0.15) is 0 Å². The summed E-state index contributed by atoms with van der Waals surface area (Å²) in [5, 5.41) is 0. The molecule has 2 nitrogen and oxygen atoms in total. The van der Waals surface area contributed by atoms with Crippen LogP contribution in [0.25, 0.3) is 0 Å². The van der Waals surface area contributed by atoms with Crippen molar-refractivity contribution in [2.45, 2.75) is 62.0 Å². The largest absolute Gasteiger partial charge is 0.398 e. The van der Waals surface area contributed by atoms with Crippen LogP contribution in [0.15, 0.2) is 23.1 Å². The molecule has 3 heteroatoms. The SMILES string of the molecule is Cc1ccc(N)c(SCC2CCC3(CCCC3)O2)c1. The second-order valence-corrected chi connectivity index (χ2v) is 7.08. The predicted molar refractivity (Wildman–Crippen MR) is 81.6 cm³/mol. The number of hydrogen-bond donors (Lipinski definition) is 1. The number of thioether (sulfide) groups is 1. The third-order valence-electron chi connectivity index (χ3n) is 4.45. The average Bonchev–Trinajstić information content (AvgIpc) is 3.02. The lowest BCUT2D eigenvalue weighted by molar-refractivity contribution is -0.0267. The molecule has 1 saturated carbocycles. The van der Waals surface area contributed by atoms with E-state index in [0.717, 1.165) is 11.4 Å². The van der Waals surface area contributed by atoms with Crippen molar-refractivity contribution < 1.29 is 4.74 Å². The van der Waals surface area contributed by atoms with Gasteiger partial charge in [-0.25, -0.2) is 0 Å². The van der Waals surface area contributed by atoms with Crippen molar-refractivity contribution in [1.29, 1.82) is 0 Å². The predicted octanol–water partition coefficient (Wildman–Crippen LogP) is 4.16. The fourth-order valence-electron chi connectivity index (χ4n) is 3.35. The minimum atomic E-state index is 0.253. The van der Waals surface area contributed by atoms with E-state index >= 15 is 0 Å². The highest BCUT2D eigenvalue weighted by atomic mass is 32.2. The highest BCUT2D eigenvalue weighted by Crippen LogP contribution is 2.44. The van der Waals surface area contributed by atoms with Crippen LogP contribution < -0.4 is 5.73 Å². The summed E-state index contributed by atoms with van der Waals surface area (Å²) in [6.07, 6.45) is 8.17. The van der Waals surface area contributed by atoms with E-state index in [-0.39, 0.29) is 5.60 Å². The van der Waals surface area contributed by atoms with Crippen molar-refractivity contribution >= 4 is 17.4 Å². The van der Waals surface area contributed by atoms with Gasteiger partial charge >= 0.3 is 0 Å². The highest BCUT2D eigenvalue weighted by molar-refractivity contribution is 7.99. The van der Waals surface area contributed by atoms with E-state index in [1.54, 1.807) is 0 Å². The zero-order chi connectivity index (χ0) is 13.3. The summed E-state index contributed by atoms with van der Waals surface area (Å²) < 4.78 is 6.34. The first-order chi connectivity index (χ1) is 9.17. The van der Waals surface area contributed by atoms with Crippen LogP contribution in [0, 0.1) is 6.92 Å². The standard InChI is InChI=1S/C16H23NOS/c1-12-4-5-14(17)15(10-12)19-11-13-6-9-16(18-13)7-2-3-8-16/h4-5,10,13H,2-3,6-9,11,17H2,1H3. The minimum absolute atomic E-state index is 0.253. The van der Waals surface area contributed by atoms with Gasteiger partial charge in [0.15, 0.2) is 0 Å². The monoisotopic (exact) mass is 277 g/mol. The third-order valence-corrected chi connectivity index (χ3v) is 5.65. The highest BCUT2D eigenvalue weighted by Gasteiger charge is 2.41.